The maximum Gasteiger partial charge on any atom is 0.0331 e. The van der Waals surface area contributed by atoms with E-state index in [-0.39, 0.29) is 0 Å². The van der Waals surface area contributed by atoms with Crippen LogP contribution in [0.2, 0.25) is 0 Å². The molecule has 0 aromatic rings. The first-order valence-electron chi connectivity index (χ1n) is 7.24. The molecule has 1 fully saturated rings. The summed E-state index contributed by atoms with van der Waals surface area (Å²) in [6, 6.07) is 0. The third kappa shape index (κ3) is 3.46. The van der Waals surface area contributed by atoms with E-state index in [0.29, 0.717) is 5.54 Å². The quantitative estimate of drug-likeness (QED) is 0.676. The molecule has 2 N–H and O–H groups in total. The van der Waals surface area contributed by atoms with E-state index in [9.17, 15) is 0 Å². The minimum atomic E-state index is 0.348. The van der Waals surface area contributed by atoms with E-state index in [4.69, 9.17) is 5.73 Å². The number of hydrogen-bond acceptors (Lipinski definition) is 2. The number of unbranched alkanes of at least 4 members (excludes halogenated alkanes) is 2. The fourth-order valence-corrected chi connectivity index (χ4v) is 3.14. The van der Waals surface area contributed by atoms with Gasteiger partial charge in [0.25, 0.3) is 0 Å². The van der Waals surface area contributed by atoms with Gasteiger partial charge < -0.3 is 5.73 Å². The van der Waals surface area contributed by atoms with Gasteiger partial charge in [-0.1, -0.05) is 46.0 Å². The number of likely N-dealkylation sites (N-methyl/N-ethyl adjacent to an activating group) is 1. The molecule has 2 heteroatoms. The molecule has 0 radical (unpaired) electrons. The normalized spacial score (nSPS) is 20.2. The zero-order valence-electron chi connectivity index (χ0n) is 11.3. The summed E-state index contributed by atoms with van der Waals surface area (Å²) >= 11 is 0. The van der Waals surface area contributed by atoms with Crippen molar-refractivity contribution in [3.05, 3.63) is 0 Å². The monoisotopic (exact) mass is 226 g/mol. The molecule has 0 amide bonds. The fourth-order valence-electron chi connectivity index (χ4n) is 3.14. The van der Waals surface area contributed by atoms with Crippen LogP contribution in [0.1, 0.15) is 65.2 Å². The summed E-state index contributed by atoms with van der Waals surface area (Å²) in [5.74, 6) is 0. The summed E-state index contributed by atoms with van der Waals surface area (Å²) in [4.78, 5) is 2.67. The van der Waals surface area contributed by atoms with E-state index in [0.717, 1.165) is 6.54 Å². The largest absolute Gasteiger partial charge is 0.329 e. The van der Waals surface area contributed by atoms with Crippen LogP contribution in [0.5, 0.6) is 0 Å². The van der Waals surface area contributed by atoms with Gasteiger partial charge in [-0.05, 0) is 32.4 Å². The maximum atomic E-state index is 6.08. The second-order valence-corrected chi connectivity index (χ2v) is 5.28. The molecular formula is C14H30N2. The molecule has 16 heavy (non-hydrogen) atoms. The molecule has 1 rings (SSSR count). The zero-order chi connectivity index (χ0) is 11.9. The van der Waals surface area contributed by atoms with Crippen molar-refractivity contribution >= 4 is 0 Å². The zero-order valence-corrected chi connectivity index (χ0v) is 11.3. The third-order valence-corrected chi connectivity index (χ3v) is 4.25. The molecule has 96 valence electrons. The minimum Gasteiger partial charge on any atom is -0.329 e. The Morgan fingerprint density at radius 3 is 2.25 bits per heavy atom. The first-order chi connectivity index (χ1) is 7.79. The van der Waals surface area contributed by atoms with Crippen molar-refractivity contribution in [3.8, 4) is 0 Å². The highest BCUT2D eigenvalue weighted by atomic mass is 15.2. The van der Waals surface area contributed by atoms with Crippen molar-refractivity contribution in [2.75, 3.05) is 19.6 Å². The van der Waals surface area contributed by atoms with Gasteiger partial charge in [0.05, 0.1) is 0 Å². The Hall–Kier alpha value is -0.0800. The minimum absolute atomic E-state index is 0.348. The van der Waals surface area contributed by atoms with E-state index in [1.165, 1.54) is 64.5 Å². The number of rotatable bonds is 7. The standard InChI is InChI=1S/C14H30N2/c1-3-5-9-12-16(4-2)14(13-15)10-7-6-8-11-14/h3-13,15H2,1-2H3. The Morgan fingerprint density at radius 2 is 1.75 bits per heavy atom. The molecule has 0 bridgehead atoms. The van der Waals surface area contributed by atoms with Crippen LogP contribution >= 0.6 is 0 Å². The first-order valence-corrected chi connectivity index (χ1v) is 7.24. The lowest BCUT2D eigenvalue weighted by atomic mass is 9.80. The third-order valence-electron chi connectivity index (χ3n) is 4.25. The molecule has 1 saturated carbocycles. The van der Waals surface area contributed by atoms with Crippen LogP contribution in [0.15, 0.2) is 0 Å². The van der Waals surface area contributed by atoms with Gasteiger partial charge in [-0.25, -0.2) is 0 Å². The highest BCUT2D eigenvalue weighted by molar-refractivity contribution is 4.93. The molecule has 0 aromatic heterocycles. The number of nitrogens with two attached hydrogens (primary N) is 1. The van der Waals surface area contributed by atoms with Gasteiger partial charge in [0.15, 0.2) is 0 Å². The first kappa shape index (κ1) is 14.0. The lowest BCUT2D eigenvalue weighted by Crippen LogP contribution is -2.55. The summed E-state index contributed by atoms with van der Waals surface area (Å²) < 4.78 is 0. The smallest absolute Gasteiger partial charge is 0.0331 e. The molecule has 0 spiro atoms. The van der Waals surface area contributed by atoms with Gasteiger partial charge in [-0.2, -0.15) is 0 Å². The highest BCUT2D eigenvalue weighted by Gasteiger charge is 2.35. The Kier molecular flexibility index (Phi) is 6.37. The van der Waals surface area contributed by atoms with Gasteiger partial charge in [-0.15, -0.1) is 0 Å². The van der Waals surface area contributed by atoms with Crippen LogP contribution in [0, 0.1) is 0 Å². The highest BCUT2D eigenvalue weighted by Crippen LogP contribution is 2.33. The van der Waals surface area contributed by atoms with Crippen molar-refractivity contribution in [2.24, 2.45) is 5.73 Å². The van der Waals surface area contributed by atoms with Crippen molar-refractivity contribution in [1.82, 2.24) is 4.90 Å². The van der Waals surface area contributed by atoms with Gasteiger partial charge in [0, 0.05) is 12.1 Å². The molecule has 0 heterocycles. The Labute approximate surface area is 102 Å². The summed E-state index contributed by atoms with van der Waals surface area (Å²) in [6.07, 6.45) is 10.8. The van der Waals surface area contributed by atoms with Crippen molar-refractivity contribution in [1.29, 1.82) is 0 Å². The van der Waals surface area contributed by atoms with Crippen LogP contribution in [-0.2, 0) is 0 Å². The maximum absolute atomic E-state index is 6.08. The van der Waals surface area contributed by atoms with E-state index in [1.54, 1.807) is 0 Å². The Bertz CT molecular complexity index is 174. The van der Waals surface area contributed by atoms with Gasteiger partial charge in [0.2, 0.25) is 0 Å². The average Bonchev–Trinajstić information content (AvgIpc) is 2.35. The molecule has 2 nitrogen and oxygen atoms in total. The molecule has 0 unspecified atom stereocenters. The molecule has 0 aliphatic heterocycles. The van der Waals surface area contributed by atoms with Crippen LogP contribution in [0.25, 0.3) is 0 Å². The van der Waals surface area contributed by atoms with Crippen molar-refractivity contribution < 1.29 is 0 Å². The van der Waals surface area contributed by atoms with Crippen molar-refractivity contribution in [3.63, 3.8) is 0 Å². The SMILES string of the molecule is CCCCCN(CC)C1(CN)CCCCC1. The summed E-state index contributed by atoms with van der Waals surface area (Å²) in [5.41, 5.74) is 6.43. The van der Waals surface area contributed by atoms with E-state index < -0.39 is 0 Å². The van der Waals surface area contributed by atoms with Gasteiger partial charge >= 0.3 is 0 Å². The second-order valence-electron chi connectivity index (χ2n) is 5.28. The molecule has 0 aromatic carbocycles. The molecular weight excluding hydrogens is 196 g/mol. The van der Waals surface area contributed by atoms with Crippen molar-refractivity contribution in [2.45, 2.75) is 70.8 Å². The number of nitrogens with zero attached hydrogens (tertiary/aromatic N) is 1. The van der Waals surface area contributed by atoms with Crippen LogP contribution in [0.3, 0.4) is 0 Å². The molecule has 1 aliphatic carbocycles. The van der Waals surface area contributed by atoms with E-state index in [1.807, 2.05) is 0 Å². The summed E-state index contributed by atoms with van der Waals surface area (Å²) in [5, 5.41) is 0. The van der Waals surface area contributed by atoms with E-state index in [2.05, 4.69) is 18.7 Å². The molecule has 0 saturated heterocycles. The Morgan fingerprint density at radius 1 is 1.06 bits per heavy atom. The van der Waals surface area contributed by atoms with Crippen LogP contribution < -0.4 is 5.73 Å². The van der Waals surface area contributed by atoms with Crippen LogP contribution in [-0.4, -0.2) is 30.1 Å². The Balaban J connectivity index is 2.51. The molecule has 1 aliphatic rings. The topological polar surface area (TPSA) is 29.3 Å². The van der Waals surface area contributed by atoms with Crippen LogP contribution in [0.4, 0.5) is 0 Å². The number of hydrogen-bond donors (Lipinski definition) is 1. The van der Waals surface area contributed by atoms with E-state index >= 15 is 0 Å². The average molecular weight is 226 g/mol. The molecule has 0 atom stereocenters. The van der Waals surface area contributed by atoms with Gasteiger partial charge in [-0.3, -0.25) is 4.90 Å². The summed E-state index contributed by atoms with van der Waals surface area (Å²) in [7, 11) is 0. The van der Waals surface area contributed by atoms with Gasteiger partial charge in [0.1, 0.15) is 0 Å². The fraction of sp³-hybridized carbons (Fsp3) is 1.00. The lowest BCUT2D eigenvalue weighted by Gasteiger charge is -2.46. The second kappa shape index (κ2) is 7.29. The summed E-state index contributed by atoms with van der Waals surface area (Å²) in [6.45, 7) is 7.84. The predicted molar refractivity (Wildman–Crippen MR) is 71.6 cm³/mol. The lowest BCUT2D eigenvalue weighted by molar-refractivity contribution is 0.0602. The predicted octanol–water partition coefficient (Wildman–Crippen LogP) is 3.16.